The summed E-state index contributed by atoms with van der Waals surface area (Å²) in [7, 11) is 8.33. The number of amides is 4. The molecule has 0 aliphatic carbocycles. The van der Waals surface area contributed by atoms with E-state index in [0.717, 1.165) is 16.9 Å². The maximum Gasteiger partial charge on any atom is 0.349 e. The number of nitrogens with one attached hydrogen (secondary N) is 1. The van der Waals surface area contributed by atoms with E-state index in [2.05, 4.69) is 5.32 Å². The molecule has 2 aliphatic heterocycles. The zero-order valence-electron chi connectivity index (χ0n) is 21.1. The first kappa shape index (κ1) is 27.0. The van der Waals surface area contributed by atoms with Crippen molar-refractivity contribution in [1.82, 2.24) is 15.0 Å². The van der Waals surface area contributed by atoms with E-state index in [-0.39, 0.29) is 23.4 Å². The summed E-state index contributed by atoms with van der Waals surface area (Å²) >= 11 is 5.76. The van der Waals surface area contributed by atoms with Gasteiger partial charge in [-0.3, -0.25) is 19.2 Å². The molecule has 2 aliphatic rings. The van der Waals surface area contributed by atoms with Gasteiger partial charge in [0.15, 0.2) is 0 Å². The number of carbonyl (C=O) groups is 4. The summed E-state index contributed by atoms with van der Waals surface area (Å²) in [6.07, 6.45) is 0. The van der Waals surface area contributed by atoms with Gasteiger partial charge in [0.05, 0.1) is 0 Å². The second-order valence-electron chi connectivity index (χ2n) is 10.3. The van der Waals surface area contributed by atoms with Crippen molar-refractivity contribution >= 4 is 74.6 Å². The number of imide groups is 1. The minimum Gasteiger partial charge on any atom is -0.352 e. The second-order valence-corrected chi connectivity index (χ2v) is 10.7. The quantitative estimate of drug-likeness (QED) is 0.362. The lowest BCUT2D eigenvalue weighted by Gasteiger charge is -2.49. The first-order valence-electron chi connectivity index (χ1n) is 11.9. The van der Waals surface area contributed by atoms with Gasteiger partial charge in [0.2, 0.25) is 19.8 Å². The van der Waals surface area contributed by atoms with Crippen LogP contribution in [0.1, 0.15) is 33.0 Å². The molecule has 2 aromatic carbocycles. The summed E-state index contributed by atoms with van der Waals surface area (Å²) < 4.78 is 29.4. The van der Waals surface area contributed by atoms with Crippen LogP contribution in [0.15, 0.2) is 42.5 Å². The molecule has 15 heteroatoms. The highest BCUT2D eigenvalue weighted by molar-refractivity contribution is 6.52. The number of benzene rings is 2. The van der Waals surface area contributed by atoms with Crippen LogP contribution in [0.3, 0.4) is 0 Å². The van der Waals surface area contributed by atoms with E-state index in [4.69, 9.17) is 11.6 Å². The largest absolute Gasteiger partial charge is 0.352 e. The fraction of sp³-hybridized carbons (Fsp3) is 0.273. The predicted molar refractivity (Wildman–Crippen MR) is 147 cm³/mol. The van der Waals surface area contributed by atoms with Crippen molar-refractivity contribution in [3.05, 3.63) is 69.7 Å². The number of hydrogen-bond acceptors (Lipinski definition) is 4. The minimum atomic E-state index is -3.77. The average molecular weight is 521 g/mol. The van der Waals surface area contributed by atoms with Gasteiger partial charge in [-0.2, -0.15) is 8.78 Å². The highest BCUT2D eigenvalue weighted by atomic mass is 35.5. The molecule has 2 heterocycles. The summed E-state index contributed by atoms with van der Waals surface area (Å²) in [5, 5.41) is 1.83. The zero-order chi connectivity index (χ0) is 27.4. The highest BCUT2D eigenvalue weighted by Crippen LogP contribution is 2.45. The average Bonchev–Trinajstić information content (AvgIpc) is 3.16. The molecular formula is C22H23B5ClF2N3O4. The van der Waals surface area contributed by atoms with Crippen molar-refractivity contribution in [3.63, 3.8) is 0 Å². The van der Waals surface area contributed by atoms with Gasteiger partial charge in [0.1, 0.15) is 37.4 Å². The van der Waals surface area contributed by atoms with Crippen LogP contribution in [0.25, 0.3) is 0 Å². The van der Waals surface area contributed by atoms with E-state index in [1.165, 1.54) is 25.0 Å². The molecule has 0 spiro atoms. The molecule has 4 rings (SSSR count). The first-order valence-corrected chi connectivity index (χ1v) is 12.3. The van der Waals surface area contributed by atoms with Crippen molar-refractivity contribution in [2.24, 2.45) is 0 Å². The number of nitrogens with zero attached hydrogens (tertiary/aromatic N) is 2. The molecule has 0 saturated carbocycles. The third kappa shape index (κ3) is 4.49. The lowest BCUT2D eigenvalue weighted by atomic mass is 9.38. The summed E-state index contributed by atoms with van der Waals surface area (Å²) in [6, 6.07) is 8.78. The third-order valence-electron chi connectivity index (χ3n) is 7.70. The minimum absolute atomic E-state index is 0.123. The van der Waals surface area contributed by atoms with E-state index in [0.29, 0.717) is 16.7 Å². The van der Waals surface area contributed by atoms with Gasteiger partial charge < -0.3 is 15.0 Å². The van der Waals surface area contributed by atoms with Crippen molar-refractivity contribution in [2.75, 3.05) is 0 Å². The summed E-state index contributed by atoms with van der Waals surface area (Å²) in [4.78, 5) is 53.9. The first-order chi connectivity index (χ1) is 17.2. The van der Waals surface area contributed by atoms with Crippen LogP contribution in [-0.4, -0.2) is 78.7 Å². The number of piperidine rings is 1. The molecule has 0 bridgehead atoms. The van der Waals surface area contributed by atoms with Crippen LogP contribution in [0.4, 0.5) is 8.78 Å². The normalized spacial score (nSPS) is 22.1. The molecule has 4 amide bonds. The Labute approximate surface area is 222 Å². The Hall–Kier alpha value is -3.01. The highest BCUT2D eigenvalue weighted by Gasteiger charge is 2.54. The summed E-state index contributed by atoms with van der Waals surface area (Å²) in [6.45, 7) is 0.123. The molecule has 7 nitrogen and oxygen atoms in total. The molecule has 2 aromatic rings. The molecule has 1 N–H and O–H groups in total. The maximum atomic E-state index is 14.7. The van der Waals surface area contributed by atoms with E-state index >= 15 is 0 Å². The third-order valence-corrected chi connectivity index (χ3v) is 7.95. The number of rotatable bonds is 5. The maximum absolute atomic E-state index is 14.7. The number of carbonyl (C=O) groups excluding carboxylic acids is 4. The molecule has 0 radical (unpaired) electrons. The van der Waals surface area contributed by atoms with E-state index < -0.39 is 46.3 Å². The molecule has 37 heavy (non-hydrogen) atoms. The summed E-state index contributed by atoms with van der Waals surface area (Å²) in [5.41, 5.74) is 1.06. The van der Waals surface area contributed by atoms with Gasteiger partial charge >= 0.3 is 5.92 Å². The van der Waals surface area contributed by atoms with Crippen molar-refractivity contribution in [2.45, 2.75) is 35.5 Å². The van der Waals surface area contributed by atoms with Gasteiger partial charge in [-0.25, -0.2) is 0 Å². The van der Waals surface area contributed by atoms with E-state index in [9.17, 15) is 28.0 Å². The Morgan fingerprint density at radius 3 is 2.35 bits per heavy atom. The van der Waals surface area contributed by atoms with Crippen LogP contribution in [0.5, 0.6) is 0 Å². The van der Waals surface area contributed by atoms with Gasteiger partial charge in [-0.05, 0) is 29.3 Å². The van der Waals surface area contributed by atoms with Crippen LogP contribution < -0.4 is 5.32 Å². The Morgan fingerprint density at radius 2 is 1.73 bits per heavy atom. The SMILES string of the molecule is BC(NC(=O)C(F)(F)c1ccc(Cl)cc1)c1ccc2c(c1)CN(C1C(=O)N(B)C(=O)C(B)C1(B)B)C2=O. The van der Waals surface area contributed by atoms with Crippen molar-refractivity contribution in [1.29, 1.82) is 0 Å². The standard InChI is InChI=1S/C22H23B5ClF2N3O4/c23-14-18(35)33(27)19(36)15(21(14,25)26)32-8-10-7-9(1-6-13(10)17(32)34)16(24)31-20(37)22(29,30)11-2-4-12(28)5-3-11/h1-7,14-16H,8,23-27H2,(H,31,37). The second kappa shape index (κ2) is 9.38. The molecule has 3 atom stereocenters. The smallest absolute Gasteiger partial charge is 0.349 e. The summed E-state index contributed by atoms with van der Waals surface area (Å²) in [5.74, 6) is -7.57. The zero-order valence-corrected chi connectivity index (χ0v) is 21.9. The molecule has 3 unspecified atom stereocenters. The van der Waals surface area contributed by atoms with Gasteiger partial charge in [0.25, 0.3) is 11.8 Å². The molecule has 1 saturated heterocycles. The van der Waals surface area contributed by atoms with E-state index in [1.54, 1.807) is 49.6 Å². The van der Waals surface area contributed by atoms with Crippen molar-refractivity contribution < 1.29 is 28.0 Å². The molecule has 0 aromatic heterocycles. The topological polar surface area (TPSA) is 86.8 Å². The molecule has 1 fully saturated rings. The fourth-order valence-corrected chi connectivity index (χ4v) is 5.12. The number of hydrogen-bond donors (Lipinski definition) is 1. The predicted octanol–water partition coefficient (Wildman–Crippen LogP) is -2.07. The molecule has 186 valence electrons. The van der Waals surface area contributed by atoms with Gasteiger partial charge in [0, 0.05) is 34.5 Å². The van der Waals surface area contributed by atoms with Gasteiger partial charge in [-0.15, -0.1) is 0 Å². The van der Waals surface area contributed by atoms with Crippen LogP contribution in [-0.2, 0) is 26.9 Å². The van der Waals surface area contributed by atoms with Crippen LogP contribution in [0, 0.1) is 0 Å². The van der Waals surface area contributed by atoms with Crippen LogP contribution >= 0.6 is 11.6 Å². The molecular weight excluding hydrogens is 498 g/mol. The lowest BCUT2D eigenvalue weighted by molar-refractivity contribution is -0.147. The van der Waals surface area contributed by atoms with E-state index in [1.807, 2.05) is 0 Å². The number of alkyl halides is 2. The fourth-order valence-electron chi connectivity index (χ4n) is 4.99. The lowest BCUT2D eigenvalue weighted by Crippen LogP contribution is -2.63. The number of fused-ring (bicyclic) bond motifs is 1. The Balaban J connectivity index is 1.55. The van der Waals surface area contributed by atoms with Crippen molar-refractivity contribution in [3.8, 4) is 0 Å². The monoisotopic (exact) mass is 521 g/mol. The Kier molecular flexibility index (Phi) is 6.86. The van der Waals surface area contributed by atoms with Crippen LogP contribution in [0.2, 0.25) is 16.1 Å². The number of halogens is 3. The Morgan fingerprint density at radius 1 is 1.11 bits per heavy atom. The Bertz CT molecular complexity index is 1310. The van der Waals surface area contributed by atoms with Gasteiger partial charge in [-0.1, -0.05) is 41.1 Å².